The van der Waals surface area contributed by atoms with Crippen molar-refractivity contribution in [2.75, 3.05) is 18.0 Å². The highest BCUT2D eigenvalue weighted by Gasteiger charge is 2.18. The van der Waals surface area contributed by atoms with Gasteiger partial charge in [0.05, 0.1) is 5.69 Å². The molecule has 0 unspecified atom stereocenters. The second-order valence-electron chi connectivity index (χ2n) is 3.88. The van der Waals surface area contributed by atoms with Crippen LogP contribution in [0.5, 0.6) is 0 Å². The Balaban J connectivity index is 2.36. The number of hydrogen-bond donors (Lipinski definition) is 1. The Kier molecular flexibility index (Phi) is 3.29. The minimum atomic E-state index is -0.954. The number of nitrogens with zero attached hydrogens (tertiary/aromatic N) is 2. The Morgan fingerprint density at radius 2 is 2.06 bits per heavy atom. The molecule has 2 heterocycles. The standard InChI is InChI=1S/C11H13ClN2O2/c12-10-6-9(8(7-13-10)11(15)16)14-4-2-1-3-5-14/h6-7H,1-5H2,(H,15,16). The van der Waals surface area contributed by atoms with Crippen molar-refractivity contribution >= 4 is 23.3 Å². The third-order valence-electron chi connectivity index (χ3n) is 2.78. The van der Waals surface area contributed by atoms with E-state index >= 15 is 0 Å². The second kappa shape index (κ2) is 4.70. The third kappa shape index (κ3) is 2.27. The summed E-state index contributed by atoms with van der Waals surface area (Å²) >= 11 is 5.81. The predicted octanol–water partition coefficient (Wildman–Crippen LogP) is 2.42. The zero-order valence-electron chi connectivity index (χ0n) is 8.82. The molecule has 0 spiro atoms. The average Bonchev–Trinajstić information content (AvgIpc) is 2.29. The molecule has 16 heavy (non-hydrogen) atoms. The van der Waals surface area contributed by atoms with Crippen molar-refractivity contribution in [2.24, 2.45) is 0 Å². The molecule has 1 aromatic heterocycles. The van der Waals surface area contributed by atoms with Gasteiger partial charge in [-0.2, -0.15) is 0 Å². The molecule has 1 aliphatic rings. The molecule has 1 saturated heterocycles. The molecule has 1 N–H and O–H groups in total. The molecule has 2 rings (SSSR count). The maximum atomic E-state index is 11.1. The van der Waals surface area contributed by atoms with Gasteiger partial charge >= 0.3 is 5.97 Å². The number of pyridine rings is 1. The highest BCUT2D eigenvalue weighted by Crippen LogP contribution is 2.26. The summed E-state index contributed by atoms with van der Waals surface area (Å²) in [4.78, 5) is 16.9. The lowest BCUT2D eigenvalue weighted by Gasteiger charge is -2.29. The van der Waals surface area contributed by atoms with Gasteiger partial charge in [0.2, 0.25) is 0 Å². The second-order valence-corrected chi connectivity index (χ2v) is 4.26. The van der Waals surface area contributed by atoms with E-state index in [-0.39, 0.29) is 5.56 Å². The SMILES string of the molecule is O=C(O)c1cnc(Cl)cc1N1CCCCC1. The van der Waals surface area contributed by atoms with Gasteiger partial charge in [0.1, 0.15) is 10.7 Å². The van der Waals surface area contributed by atoms with Crippen molar-refractivity contribution < 1.29 is 9.90 Å². The van der Waals surface area contributed by atoms with Gasteiger partial charge in [-0.15, -0.1) is 0 Å². The van der Waals surface area contributed by atoms with Crippen LogP contribution < -0.4 is 4.90 Å². The van der Waals surface area contributed by atoms with Gasteiger partial charge in [0.15, 0.2) is 0 Å². The van der Waals surface area contributed by atoms with Crippen molar-refractivity contribution in [2.45, 2.75) is 19.3 Å². The molecule has 5 heteroatoms. The highest BCUT2D eigenvalue weighted by atomic mass is 35.5. The zero-order valence-corrected chi connectivity index (χ0v) is 9.57. The summed E-state index contributed by atoms with van der Waals surface area (Å²) in [5.41, 5.74) is 0.915. The van der Waals surface area contributed by atoms with Crippen LogP contribution in [0.4, 0.5) is 5.69 Å². The van der Waals surface area contributed by atoms with E-state index in [1.165, 1.54) is 12.6 Å². The topological polar surface area (TPSA) is 53.4 Å². The Morgan fingerprint density at radius 1 is 1.38 bits per heavy atom. The monoisotopic (exact) mass is 240 g/mol. The normalized spacial score (nSPS) is 16.2. The molecule has 4 nitrogen and oxygen atoms in total. The van der Waals surface area contributed by atoms with Gasteiger partial charge in [-0.3, -0.25) is 0 Å². The number of carbonyl (C=O) groups is 1. The molecule has 1 fully saturated rings. The molecule has 0 bridgehead atoms. The molecule has 0 saturated carbocycles. The molecular formula is C11H13ClN2O2. The van der Waals surface area contributed by atoms with Crippen molar-refractivity contribution in [3.05, 3.63) is 23.0 Å². The largest absolute Gasteiger partial charge is 0.478 e. The summed E-state index contributed by atoms with van der Waals surface area (Å²) in [6.45, 7) is 1.78. The number of piperidine rings is 1. The first-order valence-corrected chi connectivity index (χ1v) is 5.70. The summed E-state index contributed by atoms with van der Waals surface area (Å²) in [5.74, 6) is -0.954. The van der Waals surface area contributed by atoms with Gasteiger partial charge in [0.25, 0.3) is 0 Å². The molecule has 0 atom stereocenters. The molecule has 1 aromatic rings. The van der Waals surface area contributed by atoms with Crippen LogP contribution in [-0.2, 0) is 0 Å². The van der Waals surface area contributed by atoms with E-state index < -0.39 is 5.97 Å². The summed E-state index contributed by atoms with van der Waals surface area (Å²) in [5, 5.41) is 9.42. The quantitative estimate of drug-likeness (QED) is 0.807. The fourth-order valence-electron chi connectivity index (χ4n) is 1.98. The van der Waals surface area contributed by atoms with Gasteiger partial charge in [0, 0.05) is 19.3 Å². The van der Waals surface area contributed by atoms with E-state index in [4.69, 9.17) is 16.7 Å². The van der Waals surface area contributed by atoms with Crippen LogP contribution >= 0.6 is 11.6 Å². The molecule has 1 aliphatic heterocycles. The van der Waals surface area contributed by atoms with Crippen molar-refractivity contribution in [3.63, 3.8) is 0 Å². The molecule has 0 aliphatic carbocycles. The summed E-state index contributed by atoms with van der Waals surface area (Å²) in [7, 11) is 0. The number of anilines is 1. The minimum absolute atomic E-state index is 0.228. The van der Waals surface area contributed by atoms with Crippen LogP contribution in [0.15, 0.2) is 12.3 Å². The lowest BCUT2D eigenvalue weighted by Crippen LogP contribution is -2.30. The lowest BCUT2D eigenvalue weighted by atomic mass is 10.1. The smallest absolute Gasteiger partial charge is 0.339 e. The van der Waals surface area contributed by atoms with Crippen molar-refractivity contribution in [1.82, 2.24) is 4.98 Å². The summed E-state index contributed by atoms with van der Waals surface area (Å²) < 4.78 is 0. The van der Waals surface area contributed by atoms with E-state index in [2.05, 4.69) is 9.88 Å². The van der Waals surface area contributed by atoms with Crippen LogP contribution in [0.1, 0.15) is 29.6 Å². The third-order valence-corrected chi connectivity index (χ3v) is 2.98. The predicted molar refractivity (Wildman–Crippen MR) is 62.3 cm³/mol. The van der Waals surface area contributed by atoms with Gasteiger partial charge in [-0.05, 0) is 25.3 Å². The average molecular weight is 241 g/mol. The highest BCUT2D eigenvalue weighted by molar-refractivity contribution is 6.29. The van der Waals surface area contributed by atoms with Gasteiger partial charge < -0.3 is 10.0 Å². The molecule has 86 valence electrons. The first kappa shape index (κ1) is 11.2. The Morgan fingerprint density at radius 3 is 2.69 bits per heavy atom. The summed E-state index contributed by atoms with van der Waals surface area (Å²) in [6.07, 6.45) is 4.73. The fourth-order valence-corrected chi connectivity index (χ4v) is 2.13. The lowest BCUT2D eigenvalue weighted by molar-refractivity contribution is 0.0697. The number of hydrogen-bond acceptors (Lipinski definition) is 3. The van der Waals surface area contributed by atoms with E-state index in [9.17, 15) is 4.79 Å². The number of halogens is 1. The zero-order chi connectivity index (χ0) is 11.5. The first-order valence-electron chi connectivity index (χ1n) is 5.32. The number of carboxylic acids is 1. The number of aromatic nitrogens is 1. The van der Waals surface area contributed by atoms with Crippen LogP contribution in [0.25, 0.3) is 0 Å². The Hall–Kier alpha value is -1.29. The van der Waals surface area contributed by atoms with Crippen molar-refractivity contribution in [1.29, 1.82) is 0 Å². The number of rotatable bonds is 2. The van der Waals surface area contributed by atoms with Crippen molar-refractivity contribution in [3.8, 4) is 0 Å². The van der Waals surface area contributed by atoms with E-state index in [0.717, 1.165) is 25.9 Å². The van der Waals surface area contributed by atoms with Crippen LogP contribution in [0.3, 0.4) is 0 Å². The fraction of sp³-hybridized carbons (Fsp3) is 0.455. The van der Waals surface area contributed by atoms with E-state index in [1.807, 2.05) is 0 Å². The van der Waals surface area contributed by atoms with E-state index in [0.29, 0.717) is 10.8 Å². The molecule has 0 aromatic carbocycles. The maximum absolute atomic E-state index is 11.1. The maximum Gasteiger partial charge on any atom is 0.339 e. The van der Waals surface area contributed by atoms with Gasteiger partial charge in [-0.25, -0.2) is 9.78 Å². The van der Waals surface area contributed by atoms with E-state index in [1.54, 1.807) is 6.07 Å². The number of carboxylic acid groups (broad SMARTS) is 1. The molecule has 0 amide bonds. The first-order chi connectivity index (χ1) is 7.68. The van der Waals surface area contributed by atoms with Crippen LogP contribution in [0, 0.1) is 0 Å². The number of aromatic carboxylic acids is 1. The van der Waals surface area contributed by atoms with Crippen LogP contribution in [0.2, 0.25) is 5.15 Å². The Bertz CT molecular complexity index is 403. The summed E-state index contributed by atoms with van der Waals surface area (Å²) in [6, 6.07) is 1.64. The molecular weight excluding hydrogens is 228 g/mol. The minimum Gasteiger partial charge on any atom is -0.478 e. The van der Waals surface area contributed by atoms with Gasteiger partial charge in [-0.1, -0.05) is 11.6 Å². The van der Waals surface area contributed by atoms with Crippen LogP contribution in [-0.4, -0.2) is 29.1 Å². The Labute approximate surface area is 98.9 Å². The molecule has 0 radical (unpaired) electrons.